The number of hydrogen-bond acceptors (Lipinski definition) is 6. The van der Waals surface area contributed by atoms with Crippen LogP contribution in [0.2, 0.25) is 0 Å². The molecule has 0 saturated carbocycles. The third-order valence-electron chi connectivity index (χ3n) is 7.49. The third kappa shape index (κ3) is 3.81. The lowest BCUT2D eigenvalue weighted by molar-refractivity contribution is -0.121. The highest BCUT2D eigenvalue weighted by atomic mass is 16.5. The number of hydrogen-bond donors (Lipinski definition) is 0. The summed E-state index contributed by atoms with van der Waals surface area (Å²) in [6.07, 6.45) is 14.4. The van der Waals surface area contributed by atoms with E-state index < -0.39 is 5.41 Å². The lowest BCUT2D eigenvalue weighted by Crippen LogP contribution is -2.26. The van der Waals surface area contributed by atoms with Gasteiger partial charge in [0.2, 0.25) is 0 Å². The Morgan fingerprint density at radius 3 is 2.72 bits per heavy atom. The fourth-order valence-corrected chi connectivity index (χ4v) is 5.32. The number of fused-ring (bicyclic) bond motifs is 2. The molecule has 0 spiro atoms. The van der Waals surface area contributed by atoms with E-state index in [1.165, 1.54) is 0 Å². The number of aromatic nitrogens is 3. The Bertz CT molecular complexity index is 1460. The smallest absolute Gasteiger partial charge is 0.148 e. The summed E-state index contributed by atoms with van der Waals surface area (Å²) in [4.78, 5) is 26.3. The van der Waals surface area contributed by atoms with Gasteiger partial charge in [-0.3, -0.25) is 9.78 Å². The second kappa shape index (κ2) is 8.69. The number of ether oxygens (including phenoxy) is 2. The number of benzene rings is 1. The number of Topliss-reactive ketones (excluding diaryl/α,β-unsaturated/α-hetero) is 1. The van der Waals surface area contributed by atoms with E-state index >= 15 is 0 Å². The first-order valence-corrected chi connectivity index (χ1v) is 12.4. The van der Waals surface area contributed by atoms with Crippen molar-refractivity contribution in [2.75, 3.05) is 13.2 Å². The first-order valence-electron chi connectivity index (χ1n) is 12.4. The first-order chi connectivity index (χ1) is 17.4. The topological polar surface area (TPSA) is 74.2 Å². The number of terminal acetylenes is 1. The molecule has 6 heteroatoms. The molecule has 6 rings (SSSR count). The Morgan fingerprint density at radius 2 is 1.92 bits per heavy atom. The van der Waals surface area contributed by atoms with Crippen molar-refractivity contribution in [3.63, 3.8) is 0 Å². The van der Waals surface area contributed by atoms with Crippen molar-refractivity contribution in [3.05, 3.63) is 70.4 Å². The Balaban J connectivity index is 1.32. The maximum absolute atomic E-state index is 12.5. The van der Waals surface area contributed by atoms with Gasteiger partial charge >= 0.3 is 0 Å². The average molecular weight is 478 g/mol. The van der Waals surface area contributed by atoms with E-state index in [1.54, 1.807) is 6.33 Å². The van der Waals surface area contributed by atoms with Gasteiger partial charge in [0.15, 0.2) is 0 Å². The van der Waals surface area contributed by atoms with Crippen molar-refractivity contribution in [3.8, 4) is 29.4 Å². The van der Waals surface area contributed by atoms with Crippen LogP contribution in [0.4, 0.5) is 0 Å². The summed E-state index contributed by atoms with van der Waals surface area (Å²) in [6, 6.07) is 8.03. The van der Waals surface area contributed by atoms with Crippen LogP contribution in [0, 0.1) is 12.3 Å². The van der Waals surface area contributed by atoms with E-state index in [4.69, 9.17) is 15.9 Å². The van der Waals surface area contributed by atoms with Crippen molar-refractivity contribution in [2.24, 2.45) is 0 Å². The minimum absolute atomic E-state index is 0.118. The number of nitrogens with zero attached hydrogens (tertiary/aromatic N) is 3. The molecule has 0 N–H and O–H groups in total. The van der Waals surface area contributed by atoms with Gasteiger partial charge in [0.05, 0.1) is 41.3 Å². The number of allylic oxidation sites excluding steroid dienone is 1. The second-order valence-electron chi connectivity index (χ2n) is 10.2. The molecular weight excluding hydrogens is 450 g/mol. The fourth-order valence-electron chi connectivity index (χ4n) is 5.32. The quantitative estimate of drug-likeness (QED) is 0.512. The minimum Gasteiger partial charge on any atom is -0.489 e. The molecule has 3 aromatic rings. The summed E-state index contributed by atoms with van der Waals surface area (Å²) in [5.74, 6) is 3.72. The molecule has 1 aromatic carbocycles. The predicted octanol–water partition coefficient (Wildman–Crippen LogP) is 4.58. The number of pyridine rings is 1. The highest BCUT2D eigenvalue weighted by Crippen LogP contribution is 2.39. The molecule has 1 saturated heterocycles. The van der Waals surface area contributed by atoms with Crippen LogP contribution < -0.4 is 4.74 Å². The van der Waals surface area contributed by atoms with E-state index in [0.717, 1.165) is 63.5 Å². The number of carbonyl (C=O) groups excluding carboxylic acids is 1. The molecule has 3 heterocycles. The molecule has 0 radical (unpaired) electrons. The summed E-state index contributed by atoms with van der Waals surface area (Å²) < 4.78 is 11.6. The third-order valence-corrected chi connectivity index (χ3v) is 7.49. The molecule has 0 atom stereocenters. The zero-order chi connectivity index (χ0) is 24.9. The molecule has 0 bridgehead atoms. The van der Waals surface area contributed by atoms with Crippen molar-refractivity contribution in [1.29, 1.82) is 0 Å². The van der Waals surface area contributed by atoms with E-state index in [0.29, 0.717) is 31.6 Å². The van der Waals surface area contributed by atoms with Crippen LogP contribution in [-0.2, 0) is 27.8 Å². The van der Waals surface area contributed by atoms with E-state index in [-0.39, 0.29) is 11.9 Å². The van der Waals surface area contributed by atoms with Gasteiger partial charge in [-0.25, -0.2) is 9.97 Å². The van der Waals surface area contributed by atoms with Crippen molar-refractivity contribution >= 4 is 17.4 Å². The van der Waals surface area contributed by atoms with Crippen LogP contribution in [-0.4, -0.2) is 40.1 Å². The Hall–Kier alpha value is -3.82. The lowest BCUT2D eigenvalue weighted by atomic mass is 9.89. The van der Waals surface area contributed by atoms with Crippen molar-refractivity contribution < 1.29 is 14.3 Å². The Labute approximate surface area is 210 Å². The van der Waals surface area contributed by atoms with Crippen LogP contribution in [0.1, 0.15) is 60.3 Å². The zero-order valence-electron chi connectivity index (χ0n) is 20.5. The normalized spacial score (nSPS) is 18.4. The van der Waals surface area contributed by atoms with Crippen LogP contribution in [0.3, 0.4) is 0 Å². The van der Waals surface area contributed by atoms with Gasteiger partial charge in [-0.2, -0.15) is 0 Å². The number of ketones is 1. The van der Waals surface area contributed by atoms with Gasteiger partial charge in [-0.05, 0) is 60.9 Å². The maximum atomic E-state index is 12.5. The molecule has 2 aromatic heterocycles. The molecule has 36 heavy (non-hydrogen) atoms. The maximum Gasteiger partial charge on any atom is 0.148 e. The molecule has 3 aliphatic rings. The molecule has 1 aliphatic heterocycles. The monoisotopic (exact) mass is 477 g/mol. The van der Waals surface area contributed by atoms with Gasteiger partial charge in [0.25, 0.3) is 0 Å². The van der Waals surface area contributed by atoms with Gasteiger partial charge in [0, 0.05) is 43.0 Å². The van der Waals surface area contributed by atoms with E-state index in [2.05, 4.69) is 33.0 Å². The summed E-state index contributed by atoms with van der Waals surface area (Å²) in [6.45, 7) is 5.32. The summed E-state index contributed by atoms with van der Waals surface area (Å²) in [5.41, 5.74) is 7.97. The standard InChI is InChI=1S/C30H27N3O3/c1-4-18-11-19(5-6-26(18)36-23-7-9-35-10-8-23)28-24-13-20(14-25(24)32-17-33-28)22-12-21-15-27(34)30(2,3)29(21)31-16-22/h1,5-6,11-13,16-17,23H,7-10,14-15H2,2-3H3. The highest BCUT2D eigenvalue weighted by molar-refractivity contribution is 5.96. The molecule has 0 amide bonds. The van der Waals surface area contributed by atoms with Crippen molar-refractivity contribution in [1.82, 2.24) is 15.0 Å². The Kier molecular flexibility index (Phi) is 5.46. The van der Waals surface area contributed by atoms with E-state index in [1.807, 2.05) is 38.2 Å². The fraction of sp³-hybridized carbons (Fsp3) is 0.333. The van der Waals surface area contributed by atoms with Gasteiger partial charge < -0.3 is 9.47 Å². The number of rotatable bonds is 4. The van der Waals surface area contributed by atoms with Gasteiger partial charge in [0.1, 0.15) is 24.0 Å². The van der Waals surface area contributed by atoms with Gasteiger partial charge in [-0.1, -0.05) is 5.92 Å². The van der Waals surface area contributed by atoms with Crippen LogP contribution in [0.5, 0.6) is 5.75 Å². The van der Waals surface area contributed by atoms with Crippen LogP contribution in [0.15, 0.2) is 36.8 Å². The molecule has 0 unspecified atom stereocenters. The van der Waals surface area contributed by atoms with Gasteiger partial charge in [-0.15, -0.1) is 6.42 Å². The number of carbonyl (C=O) groups is 1. The molecular formula is C30H27N3O3. The molecule has 6 nitrogen and oxygen atoms in total. The Morgan fingerprint density at radius 1 is 1.08 bits per heavy atom. The summed E-state index contributed by atoms with van der Waals surface area (Å²) in [7, 11) is 0. The van der Waals surface area contributed by atoms with E-state index in [9.17, 15) is 4.79 Å². The summed E-state index contributed by atoms with van der Waals surface area (Å²) in [5, 5.41) is 0. The second-order valence-corrected chi connectivity index (χ2v) is 10.2. The molecule has 2 aliphatic carbocycles. The predicted molar refractivity (Wildman–Crippen MR) is 137 cm³/mol. The highest BCUT2D eigenvalue weighted by Gasteiger charge is 2.39. The lowest BCUT2D eigenvalue weighted by Gasteiger charge is -2.24. The average Bonchev–Trinajstić information content (AvgIpc) is 3.43. The first kappa shape index (κ1) is 22.6. The largest absolute Gasteiger partial charge is 0.489 e. The van der Waals surface area contributed by atoms with Crippen molar-refractivity contribution in [2.45, 2.75) is 51.0 Å². The van der Waals surface area contributed by atoms with Crippen LogP contribution >= 0.6 is 0 Å². The molecule has 180 valence electrons. The molecule has 1 fully saturated rings. The minimum atomic E-state index is -0.519. The SMILES string of the molecule is C#Cc1cc(-c2ncnc3c2C=C(c2cnc4c(c2)CC(=O)C4(C)C)C3)ccc1OC1CCOCC1. The summed E-state index contributed by atoms with van der Waals surface area (Å²) >= 11 is 0. The zero-order valence-corrected chi connectivity index (χ0v) is 20.5. The van der Waals surface area contributed by atoms with Crippen LogP contribution in [0.25, 0.3) is 22.9 Å².